The molecule has 0 spiro atoms. The zero-order valence-corrected chi connectivity index (χ0v) is 15.9. The van der Waals surface area contributed by atoms with E-state index in [4.69, 9.17) is 9.47 Å². The predicted molar refractivity (Wildman–Crippen MR) is 94.6 cm³/mol. The molecule has 0 radical (unpaired) electrons. The fourth-order valence-electron chi connectivity index (χ4n) is 3.23. The van der Waals surface area contributed by atoms with E-state index in [0.717, 1.165) is 39.3 Å². The fourth-order valence-corrected chi connectivity index (χ4v) is 3.23. The second-order valence-corrected chi connectivity index (χ2v) is 6.92. The molecular formula is C17H29F3N4O3. The molecule has 0 aromatic carbocycles. The number of piperidine rings is 1. The average molecular weight is 394 g/mol. The minimum absolute atomic E-state index is 0.170. The lowest BCUT2D eigenvalue weighted by Gasteiger charge is -2.34. The maximum Gasteiger partial charge on any atom is 0.406 e. The Labute approximate surface area is 157 Å². The minimum Gasteiger partial charge on any atom is -0.376 e. The van der Waals surface area contributed by atoms with Crippen LogP contribution < -0.4 is 5.32 Å². The highest BCUT2D eigenvalue weighted by molar-refractivity contribution is 5.86. The Morgan fingerprint density at radius 3 is 2.59 bits per heavy atom. The number of guanidine groups is 1. The summed E-state index contributed by atoms with van der Waals surface area (Å²) in [6, 6.07) is 0. The largest absolute Gasteiger partial charge is 0.406 e. The first-order valence-corrected chi connectivity index (χ1v) is 9.28. The van der Waals surface area contributed by atoms with E-state index in [-0.39, 0.29) is 18.8 Å². The van der Waals surface area contributed by atoms with E-state index < -0.39 is 18.6 Å². The summed E-state index contributed by atoms with van der Waals surface area (Å²) in [4.78, 5) is 18.6. The standard InChI is InChI=1S/C17H29F3N4O3/c1-21-16(22-10-15(25)23(2)12-17(18,19)20)24-7-5-13(6-8-24)27-11-14-4-3-9-26-14/h13-14H,3-12H2,1-2H3,(H,21,22). The van der Waals surface area contributed by atoms with Crippen molar-refractivity contribution < 1.29 is 27.4 Å². The number of carbonyl (C=O) groups is 1. The molecular weight excluding hydrogens is 365 g/mol. The van der Waals surface area contributed by atoms with Gasteiger partial charge in [0, 0.05) is 33.8 Å². The average Bonchev–Trinajstić information content (AvgIpc) is 3.13. The molecule has 2 fully saturated rings. The number of nitrogens with zero attached hydrogens (tertiary/aromatic N) is 3. The van der Waals surface area contributed by atoms with Crippen LogP contribution in [-0.2, 0) is 14.3 Å². The summed E-state index contributed by atoms with van der Waals surface area (Å²) in [7, 11) is 2.73. The highest BCUT2D eigenvalue weighted by atomic mass is 19.4. The van der Waals surface area contributed by atoms with Crippen molar-refractivity contribution in [2.24, 2.45) is 4.99 Å². The molecule has 10 heteroatoms. The van der Waals surface area contributed by atoms with Crippen LogP contribution >= 0.6 is 0 Å². The van der Waals surface area contributed by atoms with Gasteiger partial charge >= 0.3 is 6.18 Å². The quantitative estimate of drug-likeness (QED) is 0.543. The molecule has 0 saturated carbocycles. The van der Waals surface area contributed by atoms with Crippen LogP contribution in [-0.4, -0.2) is 93.5 Å². The highest BCUT2D eigenvalue weighted by Gasteiger charge is 2.31. The van der Waals surface area contributed by atoms with Crippen molar-refractivity contribution in [3.05, 3.63) is 0 Å². The lowest BCUT2D eigenvalue weighted by Crippen LogP contribution is -2.50. The Hall–Kier alpha value is -1.55. The van der Waals surface area contributed by atoms with Gasteiger partial charge in [-0.05, 0) is 25.7 Å². The number of likely N-dealkylation sites (N-methyl/N-ethyl adjacent to an activating group) is 1. The van der Waals surface area contributed by atoms with Gasteiger partial charge in [-0.1, -0.05) is 0 Å². The second-order valence-electron chi connectivity index (χ2n) is 6.92. The van der Waals surface area contributed by atoms with Gasteiger partial charge < -0.3 is 24.6 Å². The summed E-state index contributed by atoms with van der Waals surface area (Å²) >= 11 is 0. The molecule has 0 aromatic heterocycles. The fraction of sp³-hybridized carbons (Fsp3) is 0.882. The van der Waals surface area contributed by atoms with Crippen LogP contribution in [0.1, 0.15) is 25.7 Å². The van der Waals surface area contributed by atoms with Gasteiger partial charge in [0.25, 0.3) is 0 Å². The summed E-state index contributed by atoms with van der Waals surface area (Å²) in [6.07, 6.45) is -0.236. The molecule has 2 aliphatic heterocycles. The summed E-state index contributed by atoms with van der Waals surface area (Å²) in [6.45, 7) is 1.36. The molecule has 2 heterocycles. The SMILES string of the molecule is CN=C(NCC(=O)N(C)CC(F)(F)F)N1CCC(OCC2CCCO2)CC1. The van der Waals surface area contributed by atoms with Crippen molar-refractivity contribution in [2.75, 3.05) is 53.5 Å². The second kappa shape index (κ2) is 10.1. The van der Waals surface area contributed by atoms with Crippen molar-refractivity contribution in [3.63, 3.8) is 0 Å². The number of amides is 1. The van der Waals surface area contributed by atoms with E-state index in [2.05, 4.69) is 10.3 Å². The highest BCUT2D eigenvalue weighted by Crippen LogP contribution is 2.18. The van der Waals surface area contributed by atoms with Crippen molar-refractivity contribution >= 4 is 11.9 Å². The Morgan fingerprint density at radius 1 is 1.33 bits per heavy atom. The zero-order chi connectivity index (χ0) is 19.9. The maximum atomic E-state index is 12.4. The van der Waals surface area contributed by atoms with E-state index >= 15 is 0 Å². The van der Waals surface area contributed by atoms with Crippen molar-refractivity contribution in [1.82, 2.24) is 15.1 Å². The molecule has 27 heavy (non-hydrogen) atoms. The van der Waals surface area contributed by atoms with Crippen LogP contribution in [0.15, 0.2) is 4.99 Å². The third-order valence-electron chi connectivity index (χ3n) is 4.74. The number of hydrogen-bond acceptors (Lipinski definition) is 4. The van der Waals surface area contributed by atoms with Crippen molar-refractivity contribution in [2.45, 2.75) is 44.1 Å². The van der Waals surface area contributed by atoms with Gasteiger partial charge in [-0.15, -0.1) is 0 Å². The van der Waals surface area contributed by atoms with E-state index in [1.807, 2.05) is 4.90 Å². The molecule has 1 atom stereocenters. The predicted octanol–water partition coefficient (Wildman–Crippen LogP) is 1.24. The molecule has 1 N–H and O–H groups in total. The number of carbonyl (C=O) groups excluding carboxylic acids is 1. The van der Waals surface area contributed by atoms with Crippen LogP contribution in [0, 0.1) is 0 Å². The molecule has 0 aliphatic carbocycles. The summed E-state index contributed by atoms with van der Waals surface area (Å²) in [5.74, 6) is -0.121. The summed E-state index contributed by atoms with van der Waals surface area (Å²) in [5.41, 5.74) is 0. The van der Waals surface area contributed by atoms with Crippen LogP contribution in [0.3, 0.4) is 0 Å². The topological polar surface area (TPSA) is 66.4 Å². The third-order valence-corrected chi connectivity index (χ3v) is 4.74. The lowest BCUT2D eigenvalue weighted by atomic mass is 10.1. The number of rotatable bonds is 6. The van der Waals surface area contributed by atoms with Gasteiger partial charge in [0.05, 0.1) is 25.4 Å². The number of ether oxygens (including phenoxy) is 2. The number of alkyl halides is 3. The zero-order valence-electron chi connectivity index (χ0n) is 15.9. The molecule has 2 aliphatic rings. The molecule has 1 amide bonds. The lowest BCUT2D eigenvalue weighted by molar-refractivity contribution is -0.157. The molecule has 7 nitrogen and oxygen atoms in total. The summed E-state index contributed by atoms with van der Waals surface area (Å²) < 4.78 is 48.5. The Kier molecular flexibility index (Phi) is 8.15. The first-order chi connectivity index (χ1) is 12.8. The number of halogens is 3. The van der Waals surface area contributed by atoms with E-state index in [1.54, 1.807) is 7.05 Å². The molecule has 0 bridgehead atoms. The third kappa shape index (κ3) is 7.53. The maximum absolute atomic E-state index is 12.4. The van der Waals surface area contributed by atoms with Gasteiger partial charge in [0.2, 0.25) is 5.91 Å². The van der Waals surface area contributed by atoms with Gasteiger partial charge in [0.15, 0.2) is 5.96 Å². The van der Waals surface area contributed by atoms with Crippen LogP contribution in [0.2, 0.25) is 0 Å². The monoisotopic (exact) mass is 394 g/mol. The first-order valence-electron chi connectivity index (χ1n) is 9.28. The molecule has 1 unspecified atom stereocenters. The Morgan fingerprint density at radius 2 is 2.04 bits per heavy atom. The molecule has 2 saturated heterocycles. The normalized spacial score (nSPS) is 22.2. The Bertz CT molecular complexity index is 502. The molecule has 2 rings (SSSR count). The van der Waals surface area contributed by atoms with Gasteiger partial charge in [-0.25, -0.2) is 0 Å². The molecule has 156 valence electrons. The number of likely N-dealkylation sites (tertiary alicyclic amines) is 1. The number of aliphatic imine (C=N–C) groups is 1. The smallest absolute Gasteiger partial charge is 0.376 e. The van der Waals surface area contributed by atoms with Gasteiger partial charge in [-0.2, -0.15) is 13.2 Å². The van der Waals surface area contributed by atoms with Crippen LogP contribution in [0.25, 0.3) is 0 Å². The summed E-state index contributed by atoms with van der Waals surface area (Å²) in [5, 5.41) is 2.85. The Balaban J connectivity index is 1.69. The van der Waals surface area contributed by atoms with E-state index in [9.17, 15) is 18.0 Å². The molecule has 0 aromatic rings. The van der Waals surface area contributed by atoms with Crippen LogP contribution in [0.5, 0.6) is 0 Å². The van der Waals surface area contributed by atoms with E-state index in [1.165, 1.54) is 0 Å². The van der Waals surface area contributed by atoms with E-state index in [0.29, 0.717) is 30.6 Å². The van der Waals surface area contributed by atoms with Gasteiger partial charge in [-0.3, -0.25) is 9.79 Å². The number of nitrogens with one attached hydrogen (secondary N) is 1. The van der Waals surface area contributed by atoms with Crippen LogP contribution in [0.4, 0.5) is 13.2 Å². The van der Waals surface area contributed by atoms with Crippen molar-refractivity contribution in [3.8, 4) is 0 Å². The van der Waals surface area contributed by atoms with Gasteiger partial charge in [0.1, 0.15) is 6.54 Å². The van der Waals surface area contributed by atoms with Crippen molar-refractivity contribution in [1.29, 1.82) is 0 Å². The first kappa shape index (κ1) is 21.7. The minimum atomic E-state index is -4.41. The number of hydrogen-bond donors (Lipinski definition) is 1.